The number of halogens is 1. The van der Waals surface area contributed by atoms with Gasteiger partial charge in [0, 0.05) is 18.6 Å². The summed E-state index contributed by atoms with van der Waals surface area (Å²) >= 11 is 0. The fourth-order valence-electron chi connectivity index (χ4n) is 1.59. The molecule has 0 aliphatic heterocycles. The predicted octanol–water partition coefficient (Wildman–Crippen LogP) is 1.69. The van der Waals surface area contributed by atoms with E-state index in [0.29, 0.717) is 18.6 Å². The molecule has 84 valence electrons. The van der Waals surface area contributed by atoms with Crippen molar-refractivity contribution in [3.05, 3.63) is 35.6 Å². The molecule has 2 unspecified atom stereocenters. The number of benzene rings is 1. The SMILES string of the molecule is CC(CN)NC(C)Cc1ccc(F)cc1. The van der Waals surface area contributed by atoms with Crippen LogP contribution in [0.1, 0.15) is 19.4 Å². The Balaban J connectivity index is 2.44. The molecule has 0 aliphatic carbocycles. The maximum absolute atomic E-state index is 12.7. The third-order valence-electron chi connectivity index (χ3n) is 2.38. The van der Waals surface area contributed by atoms with Gasteiger partial charge in [-0.1, -0.05) is 12.1 Å². The Hall–Kier alpha value is -0.930. The van der Waals surface area contributed by atoms with Crippen molar-refractivity contribution in [2.24, 2.45) is 5.73 Å². The molecule has 15 heavy (non-hydrogen) atoms. The van der Waals surface area contributed by atoms with Crippen molar-refractivity contribution in [3.8, 4) is 0 Å². The minimum absolute atomic E-state index is 0.185. The summed E-state index contributed by atoms with van der Waals surface area (Å²) < 4.78 is 12.7. The summed E-state index contributed by atoms with van der Waals surface area (Å²) in [5, 5.41) is 3.37. The van der Waals surface area contributed by atoms with Gasteiger partial charge in [-0.05, 0) is 38.0 Å². The molecule has 1 aromatic carbocycles. The van der Waals surface area contributed by atoms with Crippen LogP contribution in [0.15, 0.2) is 24.3 Å². The highest BCUT2D eigenvalue weighted by Gasteiger charge is 2.06. The zero-order valence-electron chi connectivity index (χ0n) is 9.33. The first-order valence-corrected chi connectivity index (χ1v) is 5.32. The van der Waals surface area contributed by atoms with Gasteiger partial charge in [0.25, 0.3) is 0 Å². The Labute approximate surface area is 90.7 Å². The number of rotatable bonds is 5. The largest absolute Gasteiger partial charge is 0.329 e. The summed E-state index contributed by atoms with van der Waals surface area (Å²) in [5.74, 6) is -0.185. The van der Waals surface area contributed by atoms with Crippen LogP contribution in [0.2, 0.25) is 0 Å². The lowest BCUT2D eigenvalue weighted by Crippen LogP contribution is -2.40. The zero-order chi connectivity index (χ0) is 11.3. The van der Waals surface area contributed by atoms with Gasteiger partial charge < -0.3 is 11.1 Å². The molecular weight excluding hydrogens is 191 g/mol. The third kappa shape index (κ3) is 4.40. The molecule has 0 amide bonds. The lowest BCUT2D eigenvalue weighted by molar-refractivity contribution is 0.469. The number of hydrogen-bond donors (Lipinski definition) is 2. The Kier molecular flexibility index (Phi) is 4.72. The van der Waals surface area contributed by atoms with Crippen LogP contribution in [0.4, 0.5) is 4.39 Å². The van der Waals surface area contributed by atoms with Gasteiger partial charge in [-0.3, -0.25) is 0 Å². The van der Waals surface area contributed by atoms with Gasteiger partial charge in [0.1, 0.15) is 5.82 Å². The summed E-state index contributed by atoms with van der Waals surface area (Å²) in [7, 11) is 0. The van der Waals surface area contributed by atoms with Gasteiger partial charge in [0.15, 0.2) is 0 Å². The highest BCUT2D eigenvalue weighted by Crippen LogP contribution is 2.05. The smallest absolute Gasteiger partial charge is 0.123 e. The number of nitrogens with one attached hydrogen (secondary N) is 1. The molecule has 0 radical (unpaired) electrons. The fraction of sp³-hybridized carbons (Fsp3) is 0.500. The van der Waals surface area contributed by atoms with Crippen molar-refractivity contribution in [2.45, 2.75) is 32.4 Å². The molecule has 0 saturated carbocycles. The Morgan fingerprint density at radius 3 is 2.33 bits per heavy atom. The normalized spacial score (nSPS) is 14.9. The van der Waals surface area contributed by atoms with Crippen molar-refractivity contribution in [2.75, 3.05) is 6.54 Å². The maximum atomic E-state index is 12.7. The van der Waals surface area contributed by atoms with Crippen LogP contribution in [0.5, 0.6) is 0 Å². The van der Waals surface area contributed by atoms with E-state index in [1.54, 1.807) is 0 Å². The Morgan fingerprint density at radius 2 is 1.80 bits per heavy atom. The second-order valence-corrected chi connectivity index (χ2v) is 4.04. The highest BCUT2D eigenvalue weighted by atomic mass is 19.1. The van der Waals surface area contributed by atoms with Crippen molar-refractivity contribution < 1.29 is 4.39 Å². The molecule has 1 aromatic rings. The van der Waals surface area contributed by atoms with Crippen molar-refractivity contribution in [3.63, 3.8) is 0 Å². The fourth-order valence-corrected chi connectivity index (χ4v) is 1.59. The van der Waals surface area contributed by atoms with Crippen molar-refractivity contribution >= 4 is 0 Å². The van der Waals surface area contributed by atoms with Gasteiger partial charge in [-0.2, -0.15) is 0 Å². The van der Waals surface area contributed by atoms with Crippen LogP contribution in [-0.4, -0.2) is 18.6 Å². The van der Waals surface area contributed by atoms with E-state index in [1.165, 1.54) is 12.1 Å². The summed E-state index contributed by atoms with van der Waals surface area (Å²) in [6, 6.07) is 7.30. The van der Waals surface area contributed by atoms with E-state index in [0.717, 1.165) is 12.0 Å². The van der Waals surface area contributed by atoms with Gasteiger partial charge >= 0.3 is 0 Å². The monoisotopic (exact) mass is 210 g/mol. The molecule has 1 rings (SSSR count). The molecule has 2 nitrogen and oxygen atoms in total. The van der Waals surface area contributed by atoms with Crippen LogP contribution in [-0.2, 0) is 6.42 Å². The maximum Gasteiger partial charge on any atom is 0.123 e. The summed E-state index contributed by atoms with van der Waals surface area (Å²) in [5.41, 5.74) is 6.66. The standard InChI is InChI=1S/C12H19FN2/c1-9(15-10(2)8-14)7-11-3-5-12(13)6-4-11/h3-6,9-10,15H,7-8,14H2,1-2H3. The second kappa shape index (κ2) is 5.83. The molecule has 2 atom stereocenters. The van der Waals surface area contributed by atoms with Crippen LogP contribution in [0, 0.1) is 5.82 Å². The lowest BCUT2D eigenvalue weighted by atomic mass is 10.1. The van der Waals surface area contributed by atoms with Gasteiger partial charge in [-0.15, -0.1) is 0 Å². The third-order valence-corrected chi connectivity index (χ3v) is 2.38. The van der Waals surface area contributed by atoms with Crippen LogP contribution in [0.3, 0.4) is 0 Å². The van der Waals surface area contributed by atoms with Crippen LogP contribution < -0.4 is 11.1 Å². The summed E-state index contributed by atoms with van der Waals surface area (Å²) in [4.78, 5) is 0. The average molecular weight is 210 g/mol. The van der Waals surface area contributed by atoms with Crippen LogP contribution >= 0.6 is 0 Å². The highest BCUT2D eigenvalue weighted by molar-refractivity contribution is 5.17. The Bertz CT molecular complexity index is 284. The molecule has 0 fully saturated rings. The predicted molar refractivity (Wildman–Crippen MR) is 61.2 cm³/mol. The minimum Gasteiger partial charge on any atom is -0.329 e. The molecule has 0 heterocycles. The van der Waals surface area contributed by atoms with Crippen molar-refractivity contribution in [1.82, 2.24) is 5.32 Å². The molecule has 0 aliphatic rings. The van der Waals surface area contributed by atoms with E-state index in [4.69, 9.17) is 5.73 Å². The van der Waals surface area contributed by atoms with Gasteiger partial charge in [0.05, 0.1) is 0 Å². The second-order valence-electron chi connectivity index (χ2n) is 4.04. The van der Waals surface area contributed by atoms with E-state index in [9.17, 15) is 4.39 Å². The number of nitrogens with two attached hydrogens (primary N) is 1. The lowest BCUT2D eigenvalue weighted by Gasteiger charge is -2.18. The quantitative estimate of drug-likeness (QED) is 0.776. The van der Waals surface area contributed by atoms with E-state index in [-0.39, 0.29) is 5.82 Å². The average Bonchev–Trinajstić information content (AvgIpc) is 2.21. The summed E-state index contributed by atoms with van der Waals surface area (Å²) in [6.45, 7) is 4.80. The first-order valence-electron chi connectivity index (χ1n) is 5.32. The molecule has 3 N–H and O–H groups in total. The first kappa shape index (κ1) is 12.1. The molecular formula is C12H19FN2. The first-order chi connectivity index (χ1) is 7.11. The Morgan fingerprint density at radius 1 is 1.20 bits per heavy atom. The van der Waals surface area contributed by atoms with E-state index >= 15 is 0 Å². The van der Waals surface area contributed by atoms with E-state index in [1.807, 2.05) is 12.1 Å². The van der Waals surface area contributed by atoms with Gasteiger partial charge in [0.2, 0.25) is 0 Å². The van der Waals surface area contributed by atoms with E-state index in [2.05, 4.69) is 19.2 Å². The molecule has 0 aromatic heterocycles. The summed E-state index contributed by atoms with van der Waals surface area (Å²) in [6.07, 6.45) is 0.893. The minimum atomic E-state index is -0.185. The zero-order valence-corrected chi connectivity index (χ0v) is 9.33. The molecule has 0 saturated heterocycles. The topological polar surface area (TPSA) is 38.0 Å². The molecule has 0 spiro atoms. The molecule has 3 heteroatoms. The van der Waals surface area contributed by atoms with Gasteiger partial charge in [-0.25, -0.2) is 4.39 Å². The molecule has 0 bridgehead atoms. The van der Waals surface area contributed by atoms with Crippen molar-refractivity contribution in [1.29, 1.82) is 0 Å². The van der Waals surface area contributed by atoms with Crippen LogP contribution in [0.25, 0.3) is 0 Å². The van der Waals surface area contributed by atoms with E-state index < -0.39 is 0 Å². The number of hydrogen-bond acceptors (Lipinski definition) is 2.